The molecular weight excluding hydrogens is 3050 g/mol. The molecular formula is C22H136N3O40Si3W11+3. The fourth-order valence-corrected chi connectivity index (χ4v) is 3.06. The average molecular weight is 3190 g/mol. The summed E-state index contributed by atoms with van der Waals surface area (Å²) < 4.78 is 8.58. The van der Waals surface area contributed by atoms with Crippen LogP contribution in [0.5, 0.6) is 0 Å². The molecule has 0 amide bonds. The molecule has 0 aliphatic rings. The van der Waals surface area contributed by atoms with Crippen LogP contribution in [-0.2, 0) is 236 Å². The first-order valence-corrected chi connectivity index (χ1v) is 13.1. The quantitative estimate of drug-likeness (QED) is 0.115. The van der Waals surface area contributed by atoms with Gasteiger partial charge in [0.05, 0.1) is 84.6 Å². The molecule has 78 N–H and O–H groups in total. The van der Waals surface area contributed by atoms with E-state index in [1.165, 1.54) is 50.6 Å². The maximum Gasteiger partial charge on any atom is 0.214 e. The molecule has 554 valence electrons. The number of rotatable bonds is 10. The Morgan fingerprint density at radius 3 is 0.342 bits per heavy atom. The minimum absolute atomic E-state index is 0. The first-order valence-electron chi connectivity index (χ1n) is 10.9. The monoisotopic (exact) mass is 3190 g/mol. The van der Waals surface area contributed by atoms with Crippen LogP contribution in [0.2, 0.25) is 12.1 Å². The third-order valence-electron chi connectivity index (χ3n) is 1.91. The van der Waals surface area contributed by atoms with E-state index in [4.69, 9.17) is 4.12 Å². The summed E-state index contributed by atoms with van der Waals surface area (Å²) >= 11 is 0. The molecule has 0 saturated carbocycles. The van der Waals surface area contributed by atoms with E-state index in [1.807, 2.05) is 0 Å². The van der Waals surface area contributed by atoms with Gasteiger partial charge >= 0.3 is 0 Å². The Hall–Kier alpha value is 6.50. The van der Waals surface area contributed by atoms with Crippen LogP contribution in [0, 0.1) is 0 Å². The van der Waals surface area contributed by atoms with Crippen molar-refractivity contribution in [3.63, 3.8) is 0 Å². The fourth-order valence-electron chi connectivity index (χ4n) is 1.05. The van der Waals surface area contributed by atoms with Gasteiger partial charge in [0.15, 0.2) is 0 Å². The van der Waals surface area contributed by atoms with Gasteiger partial charge in [-0.1, -0.05) is 52.4 Å². The molecule has 0 atom stereocenters. The number of nitrogens with zero attached hydrogens (tertiary/aromatic N) is 3. The molecule has 0 saturated heterocycles. The number of quaternary nitrogens is 3. The molecule has 0 aliphatic carbocycles. The van der Waals surface area contributed by atoms with Gasteiger partial charge in [-0.2, -0.15) is 0 Å². The van der Waals surface area contributed by atoms with E-state index < -0.39 is 0 Å². The van der Waals surface area contributed by atoms with Crippen molar-refractivity contribution < 1.29 is 463 Å². The zero-order valence-electron chi connectivity index (χ0n) is 46.9. The second kappa shape index (κ2) is 467. The normalized spacial score (nSPS) is 4.03. The Kier molecular flexibility index (Phi) is 3880. The summed E-state index contributed by atoms with van der Waals surface area (Å²) in [5.41, 5.74) is 0. The third-order valence-corrected chi connectivity index (χ3v) is 4.18. The second-order valence-electron chi connectivity index (χ2n) is 11.4. The van der Waals surface area contributed by atoms with E-state index in [0.717, 1.165) is 33.0 Å². The number of hydrogen-bond donors (Lipinski definition) is 0. The predicted octanol–water partition coefficient (Wildman–Crippen LogP) is -28.1. The SMILES string of the molecule is CCCCC[Si]O[Si]CCCCC.C[N+](C)(C)C.C[N+](C)(C)C.C[N+](C)(C)C.O.O.O.O.O.O.O.O.O.O.O.O.O.O.O.O.O.O.O.O.O.O.O.O.O.O.O.O.O.O.O.O.O.O.O.O.O.O.O.[Si].[W].[W].[W].[W].[W].[W].[W].[W].[W].[W].[W]. The summed E-state index contributed by atoms with van der Waals surface area (Å²) in [4.78, 5) is 0. The predicted molar refractivity (Wildman–Crippen MR) is 280 cm³/mol. The summed E-state index contributed by atoms with van der Waals surface area (Å²) in [7, 11) is 27.0. The van der Waals surface area contributed by atoms with E-state index in [1.54, 1.807) is 0 Å². The van der Waals surface area contributed by atoms with E-state index >= 15 is 0 Å². The van der Waals surface area contributed by atoms with E-state index in [9.17, 15) is 0 Å². The zero-order valence-corrected chi connectivity index (χ0v) is 82.2. The molecule has 0 aromatic heterocycles. The van der Waals surface area contributed by atoms with Crippen LogP contribution in [0.3, 0.4) is 0 Å². The molecule has 0 heterocycles. The van der Waals surface area contributed by atoms with Crippen LogP contribution in [0.15, 0.2) is 0 Å². The topological polar surface area (TPSA) is 1240 Å². The molecule has 79 heavy (non-hydrogen) atoms. The molecule has 0 aromatic carbocycles. The summed E-state index contributed by atoms with van der Waals surface area (Å²) in [5, 5.41) is 0. The summed E-state index contributed by atoms with van der Waals surface area (Å²) in [6.07, 6.45) is 8.10. The summed E-state index contributed by atoms with van der Waals surface area (Å²) in [5.74, 6) is 0. The molecule has 43 nitrogen and oxygen atoms in total. The van der Waals surface area contributed by atoms with Crippen LogP contribution in [0.1, 0.15) is 52.4 Å². The van der Waals surface area contributed by atoms with Crippen LogP contribution < -0.4 is 0 Å². The van der Waals surface area contributed by atoms with Crippen molar-refractivity contribution in [1.29, 1.82) is 0 Å². The smallest absolute Gasteiger partial charge is 0.214 e. The fraction of sp³-hybridized carbons (Fsp3) is 1.00. The van der Waals surface area contributed by atoms with E-state index in [-0.39, 0.29) is 456 Å². The number of hydrogen-bond acceptors (Lipinski definition) is 1. The van der Waals surface area contributed by atoms with Crippen molar-refractivity contribution in [2.24, 2.45) is 0 Å². The van der Waals surface area contributed by atoms with E-state index in [0.29, 0.717) is 0 Å². The molecule has 0 fully saturated rings. The number of unbranched alkanes of at least 4 members (excludes halogenated alkanes) is 4. The van der Waals surface area contributed by atoms with Crippen molar-refractivity contribution in [2.75, 3.05) is 84.6 Å². The zero-order chi connectivity index (χ0) is 23.3. The Morgan fingerprint density at radius 1 is 0.203 bits per heavy atom. The standard InChI is InChI=1S/C10H22OSi2.3C4H12N.39H2O.Si.11W/c1-3-5-7-9-12-11-13-10-8-6-4-2;3*1-5(2,3)4;;;;;;;;;;;;;;;;;;;;;;;;;;;;;;;;;;;;;;;;;;;;;;;;;;;/h3-10H2,1-2H3;3*1-4H3;39*1H2;;;;;;;;;;;;/q;3*+1;;;;;;;;;;;;;;;;;;;;;;;;;;;;;;;;;;;;;;;;;;;;;;;;;;;. The van der Waals surface area contributed by atoms with Crippen LogP contribution in [0.4, 0.5) is 0 Å². The average Bonchev–Trinajstić information content (AvgIpc) is 2.40. The second-order valence-corrected chi connectivity index (χ2v) is 13.7. The van der Waals surface area contributed by atoms with Crippen molar-refractivity contribution in [3.8, 4) is 0 Å². The Morgan fingerprint density at radius 2 is 0.278 bits per heavy atom. The van der Waals surface area contributed by atoms with Gasteiger partial charge in [-0.15, -0.1) is 0 Å². The van der Waals surface area contributed by atoms with Gasteiger partial charge in [0.2, 0.25) is 19.5 Å². The van der Waals surface area contributed by atoms with Crippen LogP contribution in [0.25, 0.3) is 0 Å². The molecule has 0 bridgehead atoms. The summed E-state index contributed by atoms with van der Waals surface area (Å²) in [6, 6.07) is 2.57. The van der Waals surface area contributed by atoms with Gasteiger partial charge in [0.25, 0.3) is 0 Å². The van der Waals surface area contributed by atoms with Crippen molar-refractivity contribution in [1.82, 2.24) is 0 Å². The molecule has 57 heteroatoms. The van der Waals surface area contributed by atoms with Crippen molar-refractivity contribution in [3.05, 3.63) is 0 Å². The minimum atomic E-state index is 0. The molecule has 0 rings (SSSR count). The molecule has 0 aromatic rings. The van der Waals surface area contributed by atoms with Crippen molar-refractivity contribution in [2.45, 2.75) is 64.5 Å². The molecule has 0 unspecified atom stereocenters. The minimum Gasteiger partial charge on any atom is -0.457 e. The van der Waals surface area contributed by atoms with Gasteiger partial charge in [0.1, 0.15) is 0 Å². The third kappa shape index (κ3) is 2110. The van der Waals surface area contributed by atoms with Gasteiger partial charge in [-0.25, -0.2) is 0 Å². The largest absolute Gasteiger partial charge is 0.457 e. The van der Waals surface area contributed by atoms with Gasteiger partial charge < -0.3 is 231 Å². The maximum atomic E-state index is 5.58. The van der Waals surface area contributed by atoms with E-state index in [2.05, 4.69) is 98.4 Å². The Labute approximate surface area is 635 Å². The first-order chi connectivity index (χ1) is 12.4. The van der Waals surface area contributed by atoms with Gasteiger partial charge in [0, 0.05) is 243 Å². The van der Waals surface area contributed by atoms with Gasteiger partial charge in [-0.3, -0.25) is 0 Å². The Bertz CT molecular complexity index is 336. The molecule has 8 radical (unpaired) electrons. The van der Waals surface area contributed by atoms with Crippen molar-refractivity contribution >= 4 is 30.5 Å². The summed E-state index contributed by atoms with van der Waals surface area (Å²) in [6.45, 7) is 4.49. The van der Waals surface area contributed by atoms with Crippen LogP contribution >= 0.6 is 0 Å². The maximum absolute atomic E-state index is 5.58. The first kappa shape index (κ1) is 656. The van der Waals surface area contributed by atoms with Gasteiger partial charge in [-0.05, 0) is 12.1 Å². The molecule has 0 aliphatic heterocycles. The van der Waals surface area contributed by atoms with Crippen LogP contribution in [-0.4, -0.2) is 342 Å². The Balaban J connectivity index is -0.00000000156. The molecule has 0 spiro atoms.